The van der Waals surface area contributed by atoms with Gasteiger partial charge >= 0.3 is 5.97 Å². The number of unbranched alkanes of at least 4 members (excludes halogenated alkanes) is 45. The van der Waals surface area contributed by atoms with Crippen LogP contribution in [-0.4, -0.2) is 47.4 Å². The van der Waals surface area contributed by atoms with Gasteiger partial charge in [0.2, 0.25) is 5.91 Å². The van der Waals surface area contributed by atoms with Gasteiger partial charge in [0.1, 0.15) is 0 Å². The molecule has 0 aliphatic rings. The molecule has 0 heterocycles. The molecule has 72 heavy (non-hydrogen) atoms. The number of ether oxygens (including phenoxy) is 1. The van der Waals surface area contributed by atoms with Crippen molar-refractivity contribution in [2.75, 3.05) is 13.2 Å². The minimum atomic E-state index is -0.848. The minimum Gasteiger partial charge on any atom is -0.466 e. The molecule has 3 N–H and O–H groups in total. The lowest BCUT2D eigenvalue weighted by atomic mass is 10.0. The van der Waals surface area contributed by atoms with E-state index >= 15 is 0 Å². The zero-order valence-corrected chi connectivity index (χ0v) is 48.4. The average Bonchev–Trinajstić information content (AvgIpc) is 3.38. The third-order valence-corrected chi connectivity index (χ3v) is 14.9. The second-order valence-electron chi connectivity index (χ2n) is 22.1. The van der Waals surface area contributed by atoms with Crippen molar-refractivity contribution in [2.24, 2.45) is 0 Å². The number of aliphatic hydroxyl groups is 2. The molecule has 1 amide bonds. The maximum atomic E-state index is 12.5. The second kappa shape index (κ2) is 61.6. The van der Waals surface area contributed by atoms with Crippen LogP contribution in [0.3, 0.4) is 0 Å². The van der Waals surface area contributed by atoms with Gasteiger partial charge in [-0.3, -0.25) is 9.59 Å². The standard InChI is InChI=1S/C66H125NO5/c1-3-5-7-9-11-13-15-17-19-20-21-22-24-27-31-34-38-42-46-50-54-58-64(69)63(62-68)67-65(70)59-55-51-47-43-39-35-32-28-25-23-26-29-33-37-41-45-49-53-57-61-72-66(71)60-56-52-48-44-40-36-30-18-16-14-12-10-8-6-4-2/h12,14,18,30,54,58,63-64,68-69H,3-11,13,15-17,19-29,31-53,55-57,59-62H2,1-2H3,(H,67,70)/b14-12-,30-18-,58-54+. The number of carbonyl (C=O) groups excluding carboxylic acids is 2. The fraction of sp³-hybridized carbons (Fsp3) is 0.879. The predicted molar refractivity (Wildman–Crippen MR) is 315 cm³/mol. The lowest BCUT2D eigenvalue weighted by molar-refractivity contribution is -0.143. The van der Waals surface area contributed by atoms with Crippen molar-refractivity contribution in [1.82, 2.24) is 5.32 Å². The zero-order valence-electron chi connectivity index (χ0n) is 48.4. The number of nitrogens with one attached hydrogen (secondary N) is 1. The van der Waals surface area contributed by atoms with Gasteiger partial charge in [-0.15, -0.1) is 0 Å². The van der Waals surface area contributed by atoms with Gasteiger partial charge in [0.05, 0.1) is 25.4 Å². The SMILES string of the molecule is CCCCC/C=C\C/C=C\CCCCCCCC(=O)OCCCCCCCCCCCCCCCCCCCCCC(=O)NC(CO)C(O)/C=C/CCCCCCCCCCCCCCCCCCCCC. The molecule has 0 aliphatic carbocycles. The molecule has 6 nitrogen and oxygen atoms in total. The number of amides is 1. The third-order valence-electron chi connectivity index (χ3n) is 14.9. The summed E-state index contributed by atoms with van der Waals surface area (Å²) in [6.45, 7) is 4.89. The van der Waals surface area contributed by atoms with E-state index in [1.807, 2.05) is 6.08 Å². The van der Waals surface area contributed by atoms with Crippen molar-refractivity contribution in [2.45, 2.75) is 360 Å². The fourth-order valence-corrected chi connectivity index (χ4v) is 9.96. The normalized spacial score (nSPS) is 12.8. The molecule has 0 aromatic carbocycles. The molecule has 0 radical (unpaired) electrons. The van der Waals surface area contributed by atoms with Gasteiger partial charge in [0.15, 0.2) is 0 Å². The number of esters is 1. The van der Waals surface area contributed by atoms with E-state index < -0.39 is 12.1 Å². The van der Waals surface area contributed by atoms with E-state index in [-0.39, 0.29) is 18.5 Å². The Morgan fingerprint density at radius 2 is 0.694 bits per heavy atom. The Bertz CT molecular complexity index is 1170. The monoisotopic (exact) mass is 1010 g/mol. The maximum absolute atomic E-state index is 12.5. The molecule has 2 atom stereocenters. The van der Waals surface area contributed by atoms with Gasteiger partial charge in [-0.05, 0) is 64.2 Å². The zero-order chi connectivity index (χ0) is 52.2. The summed E-state index contributed by atoms with van der Waals surface area (Å²) in [6, 6.07) is -0.632. The minimum absolute atomic E-state index is 0.00535. The number of hydrogen-bond acceptors (Lipinski definition) is 5. The number of aliphatic hydroxyl groups excluding tert-OH is 2. The Kier molecular flexibility index (Phi) is 60.0. The Morgan fingerprint density at radius 1 is 0.389 bits per heavy atom. The summed E-state index contributed by atoms with van der Waals surface area (Å²) in [7, 11) is 0. The van der Waals surface area contributed by atoms with Crippen LogP contribution in [0.25, 0.3) is 0 Å². The fourth-order valence-electron chi connectivity index (χ4n) is 9.96. The van der Waals surface area contributed by atoms with E-state index in [1.165, 1.54) is 270 Å². The van der Waals surface area contributed by atoms with Crippen LogP contribution in [0, 0.1) is 0 Å². The lowest BCUT2D eigenvalue weighted by Gasteiger charge is -2.20. The highest BCUT2D eigenvalue weighted by atomic mass is 16.5. The van der Waals surface area contributed by atoms with Crippen LogP contribution in [0.2, 0.25) is 0 Å². The van der Waals surface area contributed by atoms with Gasteiger partial charge in [-0.25, -0.2) is 0 Å². The Labute approximate surface area is 449 Å². The first-order valence-electron chi connectivity index (χ1n) is 32.3. The molecule has 0 bridgehead atoms. The first kappa shape index (κ1) is 70.1. The van der Waals surface area contributed by atoms with Crippen LogP contribution in [0.4, 0.5) is 0 Å². The largest absolute Gasteiger partial charge is 0.466 e. The number of rotatable bonds is 60. The van der Waals surface area contributed by atoms with E-state index in [0.717, 1.165) is 51.4 Å². The smallest absolute Gasteiger partial charge is 0.305 e. The molecular formula is C66H125NO5. The van der Waals surface area contributed by atoms with Crippen LogP contribution in [-0.2, 0) is 14.3 Å². The molecule has 0 aliphatic heterocycles. The van der Waals surface area contributed by atoms with E-state index in [2.05, 4.69) is 43.5 Å². The number of carbonyl (C=O) groups is 2. The first-order valence-corrected chi connectivity index (χ1v) is 32.3. The van der Waals surface area contributed by atoms with Crippen molar-refractivity contribution in [1.29, 1.82) is 0 Å². The molecule has 0 aromatic rings. The number of allylic oxidation sites excluding steroid dienone is 5. The summed E-state index contributed by atoms with van der Waals surface area (Å²) in [5, 5.41) is 23.2. The van der Waals surface area contributed by atoms with Crippen LogP contribution in [0.15, 0.2) is 36.5 Å². The maximum Gasteiger partial charge on any atom is 0.305 e. The van der Waals surface area contributed by atoms with Gasteiger partial charge in [-0.2, -0.15) is 0 Å². The molecule has 2 unspecified atom stereocenters. The van der Waals surface area contributed by atoms with Gasteiger partial charge in [-0.1, -0.05) is 307 Å². The molecule has 0 aromatic heterocycles. The van der Waals surface area contributed by atoms with Gasteiger partial charge < -0.3 is 20.3 Å². The highest BCUT2D eigenvalue weighted by Gasteiger charge is 2.18. The molecule has 0 saturated heterocycles. The summed E-state index contributed by atoms with van der Waals surface area (Å²) in [6.07, 6.45) is 77.6. The van der Waals surface area contributed by atoms with Crippen LogP contribution in [0.5, 0.6) is 0 Å². The third kappa shape index (κ3) is 57.4. The molecule has 0 rings (SSSR count). The lowest BCUT2D eigenvalue weighted by Crippen LogP contribution is -2.45. The van der Waals surface area contributed by atoms with E-state index in [9.17, 15) is 19.8 Å². The summed E-state index contributed by atoms with van der Waals surface area (Å²) < 4.78 is 5.48. The van der Waals surface area contributed by atoms with Crippen molar-refractivity contribution >= 4 is 11.9 Å². The Morgan fingerprint density at radius 3 is 1.08 bits per heavy atom. The molecule has 0 fully saturated rings. The van der Waals surface area contributed by atoms with E-state index in [1.54, 1.807) is 6.08 Å². The van der Waals surface area contributed by atoms with Crippen LogP contribution < -0.4 is 5.32 Å². The molecule has 0 saturated carbocycles. The Hall–Kier alpha value is -1.92. The summed E-state index contributed by atoms with van der Waals surface area (Å²) in [5.74, 6) is -0.0736. The highest BCUT2D eigenvalue weighted by Crippen LogP contribution is 2.18. The highest BCUT2D eigenvalue weighted by molar-refractivity contribution is 5.76. The van der Waals surface area contributed by atoms with Gasteiger partial charge in [0.25, 0.3) is 0 Å². The summed E-state index contributed by atoms with van der Waals surface area (Å²) in [5.41, 5.74) is 0. The van der Waals surface area contributed by atoms with Crippen LogP contribution >= 0.6 is 0 Å². The van der Waals surface area contributed by atoms with Crippen molar-refractivity contribution in [3.8, 4) is 0 Å². The molecule has 424 valence electrons. The van der Waals surface area contributed by atoms with Crippen LogP contribution in [0.1, 0.15) is 348 Å². The molecule has 6 heteroatoms. The average molecular weight is 1010 g/mol. The molecule has 0 spiro atoms. The van der Waals surface area contributed by atoms with E-state index in [0.29, 0.717) is 19.4 Å². The topological polar surface area (TPSA) is 95.9 Å². The van der Waals surface area contributed by atoms with Crippen molar-refractivity contribution in [3.63, 3.8) is 0 Å². The molecular weight excluding hydrogens is 887 g/mol. The predicted octanol–water partition coefficient (Wildman–Crippen LogP) is 20.4. The number of hydrogen-bond donors (Lipinski definition) is 3. The van der Waals surface area contributed by atoms with Crippen molar-refractivity contribution in [3.05, 3.63) is 36.5 Å². The van der Waals surface area contributed by atoms with E-state index in [4.69, 9.17) is 4.74 Å². The second-order valence-corrected chi connectivity index (χ2v) is 22.1. The first-order chi connectivity index (χ1) is 35.5. The quantitative estimate of drug-likeness (QED) is 0.0320. The Balaban J connectivity index is 3.44. The summed E-state index contributed by atoms with van der Waals surface area (Å²) in [4.78, 5) is 24.6. The van der Waals surface area contributed by atoms with Crippen molar-refractivity contribution < 1.29 is 24.5 Å². The van der Waals surface area contributed by atoms with Gasteiger partial charge in [0, 0.05) is 12.8 Å². The summed E-state index contributed by atoms with van der Waals surface area (Å²) >= 11 is 0.